The molecule has 0 aliphatic rings. The van der Waals surface area contributed by atoms with Crippen LogP contribution in [0.2, 0.25) is 0 Å². The van der Waals surface area contributed by atoms with E-state index < -0.39 is 0 Å². The molecule has 1 aromatic carbocycles. The molecule has 0 aliphatic carbocycles. The van der Waals surface area contributed by atoms with E-state index in [9.17, 15) is 0 Å². The molecular formula is C13H16N4S. The molecule has 0 radical (unpaired) electrons. The standard InChI is InChI=1S/C13H16N4S/c1-9-10-5-3-4-6-11(10)13(16-15-9)17(2)8-7-12(14)18/h3-6H,7-8H2,1-2H3,(H2,14,18). The summed E-state index contributed by atoms with van der Waals surface area (Å²) < 4.78 is 0. The highest BCUT2D eigenvalue weighted by Gasteiger charge is 2.10. The molecule has 18 heavy (non-hydrogen) atoms. The highest BCUT2D eigenvalue weighted by molar-refractivity contribution is 7.80. The van der Waals surface area contributed by atoms with Crippen LogP contribution in [-0.2, 0) is 0 Å². The zero-order chi connectivity index (χ0) is 13.1. The molecule has 2 rings (SSSR count). The van der Waals surface area contributed by atoms with Crippen molar-refractivity contribution in [3.05, 3.63) is 30.0 Å². The third kappa shape index (κ3) is 2.56. The molecular weight excluding hydrogens is 244 g/mol. The normalized spacial score (nSPS) is 10.6. The van der Waals surface area contributed by atoms with Crippen LogP contribution in [0.15, 0.2) is 24.3 Å². The first-order valence-electron chi connectivity index (χ1n) is 5.81. The van der Waals surface area contributed by atoms with E-state index in [-0.39, 0.29) is 0 Å². The maximum absolute atomic E-state index is 5.52. The van der Waals surface area contributed by atoms with Crippen molar-refractivity contribution in [1.29, 1.82) is 0 Å². The van der Waals surface area contributed by atoms with Gasteiger partial charge in [-0.05, 0) is 6.92 Å². The van der Waals surface area contributed by atoms with E-state index >= 15 is 0 Å². The minimum atomic E-state index is 0.520. The minimum Gasteiger partial charge on any atom is -0.393 e. The van der Waals surface area contributed by atoms with Gasteiger partial charge in [-0.15, -0.1) is 5.10 Å². The molecule has 0 unspecified atom stereocenters. The van der Waals surface area contributed by atoms with Crippen LogP contribution in [0.25, 0.3) is 10.8 Å². The molecule has 1 aromatic heterocycles. The van der Waals surface area contributed by atoms with Crippen LogP contribution < -0.4 is 10.6 Å². The SMILES string of the molecule is Cc1nnc(N(C)CCC(N)=S)c2ccccc12. The molecule has 2 N–H and O–H groups in total. The Kier molecular flexibility index (Phi) is 3.72. The zero-order valence-electron chi connectivity index (χ0n) is 10.6. The topological polar surface area (TPSA) is 55.0 Å². The van der Waals surface area contributed by atoms with E-state index in [2.05, 4.69) is 22.3 Å². The Morgan fingerprint density at radius 2 is 1.94 bits per heavy atom. The summed E-state index contributed by atoms with van der Waals surface area (Å²) in [4.78, 5) is 2.56. The number of thiocarbonyl (C=S) groups is 1. The molecule has 5 heteroatoms. The van der Waals surface area contributed by atoms with Crippen molar-refractivity contribution in [2.24, 2.45) is 5.73 Å². The number of nitrogens with two attached hydrogens (primary N) is 1. The lowest BCUT2D eigenvalue weighted by Crippen LogP contribution is -2.24. The van der Waals surface area contributed by atoms with Crippen LogP contribution in [0.1, 0.15) is 12.1 Å². The van der Waals surface area contributed by atoms with Gasteiger partial charge in [-0.25, -0.2) is 0 Å². The van der Waals surface area contributed by atoms with Crippen molar-refractivity contribution in [2.75, 3.05) is 18.5 Å². The van der Waals surface area contributed by atoms with E-state index in [4.69, 9.17) is 18.0 Å². The second-order valence-electron chi connectivity index (χ2n) is 4.29. The van der Waals surface area contributed by atoms with Gasteiger partial charge in [0.25, 0.3) is 0 Å². The van der Waals surface area contributed by atoms with Crippen LogP contribution >= 0.6 is 12.2 Å². The van der Waals surface area contributed by atoms with Gasteiger partial charge in [0.2, 0.25) is 0 Å². The van der Waals surface area contributed by atoms with Gasteiger partial charge in [0.15, 0.2) is 5.82 Å². The first-order chi connectivity index (χ1) is 8.59. The fourth-order valence-corrected chi connectivity index (χ4v) is 1.98. The van der Waals surface area contributed by atoms with Gasteiger partial charge in [0, 0.05) is 30.8 Å². The molecule has 1 heterocycles. The highest BCUT2D eigenvalue weighted by atomic mass is 32.1. The lowest BCUT2D eigenvalue weighted by atomic mass is 10.1. The van der Waals surface area contributed by atoms with Crippen molar-refractivity contribution < 1.29 is 0 Å². The van der Waals surface area contributed by atoms with Crippen molar-refractivity contribution in [3.63, 3.8) is 0 Å². The third-order valence-corrected chi connectivity index (χ3v) is 3.11. The van der Waals surface area contributed by atoms with Crippen molar-refractivity contribution >= 4 is 33.8 Å². The lowest BCUT2D eigenvalue weighted by molar-refractivity contribution is 0.871. The number of fused-ring (bicyclic) bond motifs is 1. The molecule has 2 aromatic rings. The fourth-order valence-electron chi connectivity index (χ4n) is 1.89. The van der Waals surface area contributed by atoms with Crippen molar-refractivity contribution in [3.8, 4) is 0 Å². The molecule has 4 nitrogen and oxygen atoms in total. The van der Waals surface area contributed by atoms with E-state index in [1.807, 2.05) is 31.0 Å². The third-order valence-electron chi connectivity index (χ3n) is 2.91. The molecule has 0 spiro atoms. The minimum absolute atomic E-state index is 0.520. The predicted octanol–water partition coefficient (Wildman–Crippen LogP) is 2.05. The van der Waals surface area contributed by atoms with Gasteiger partial charge in [0.05, 0.1) is 10.7 Å². The van der Waals surface area contributed by atoms with Gasteiger partial charge in [-0.2, -0.15) is 5.10 Å². The van der Waals surface area contributed by atoms with Crippen LogP contribution in [0.4, 0.5) is 5.82 Å². The van der Waals surface area contributed by atoms with Crippen LogP contribution in [0.5, 0.6) is 0 Å². The fraction of sp³-hybridized carbons (Fsp3) is 0.308. The number of benzene rings is 1. The number of hydrogen-bond acceptors (Lipinski definition) is 4. The van der Waals surface area contributed by atoms with Crippen molar-refractivity contribution in [2.45, 2.75) is 13.3 Å². The Hall–Kier alpha value is -1.75. The summed E-state index contributed by atoms with van der Waals surface area (Å²) in [6, 6.07) is 8.14. The van der Waals surface area contributed by atoms with E-state index in [1.54, 1.807) is 0 Å². The highest BCUT2D eigenvalue weighted by Crippen LogP contribution is 2.24. The summed E-state index contributed by atoms with van der Waals surface area (Å²) in [5.74, 6) is 0.868. The summed E-state index contributed by atoms with van der Waals surface area (Å²) >= 11 is 4.90. The van der Waals surface area contributed by atoms with Crippen molar-refractivity contribution in [1.82, 2.24) is 10.2 Å². The van der Waals surface area contributed by atoms with Gasteiger partial charge in [-0.1, -0.05) is 36.5 Å². The lowest BCUT2D eigenvalue weighted by Gasteiger charge is -2.19. The van der Waals surface area contributed by atoms with E-state index in [0.717, 1.165) is 28.8 Å². The molecule has 0 bridgehead atoms. The van der Waals surface area contributed by atoms with E-state index in [0.29, 0.717) is 11.4 Å². The first kappa shape index (κ1) is 12.7. The van der Waals surface area contributed by atoms with Gasteiger partial charge >= 0.3 is 0 Å². The second-order valence-corrected chi connectivity index (χ2v) is 4.82. The average molecular weight is 260 g/mol. The smallest absolute Gasteiger partial charge is 0.158 e. The molecule has 0 aliphatic heterocycles. The summed E-state index contributed by atoms with van der Waals surface area (Å²) in [7, 11) is 1.98. The molecule has 94 valence electrons. The molecule has 0 amide bonds. The Morgan fingerprint density at radius 3 is 2.61 bits per heavy atom. The summed E-state index contributed by atoms with van der Waals surface area (Å²) in [5.41, 5.74) is 6.47. The molecule has 0 fully saturated rings. The number of anilines is 1. The first-order valence-corrected chi connectivity index (χ1v) is 6.22. The number of hydrogen-bond donors (Lipinski definition) is 1. The van der Waals surface area contributed by atoms with Gasteiger partial charge in [0.1, 0.15) is 0 Å². The Bertz CT molecular complexity index is 582. The number of aromatic nitrogens is 2. The molecule has 0 saturated carbocycles. The largest absolute Gasteiger partial charge is 0.393 e. The van der Waals surface area contributed by atoms with Crippen LogP contribution in [0.3, 0.4) is 0 Å². The van der Waals surface area contributed by atoms with Gasteiger partial charge in [-0.3, -0.25) is 0 Å². The Labute approximate surface area is 112 Å². The number of nitrogens with zero attached hydrogens (tertiary/aromatic N) is 3. The Morgan fingerprint density at radius 1 is 1.28 bits per heavy atom. The monoisotopic (exact) mass is 260 g/mol. The Balaban J connectivity index is 2.39. The van der Waals surface area contributed by atoms with E-state index in [1.165, 1.54) is 0 Å². The second kappa shape index (κ2) is 5.27. The zero-order valence-corrected chi connectivity index (χ0v) is 11.4. The summed E-state index contributed by atoms with van der Waals surface area (Å²) in [6.45, 7) is 2.71. The van der Waals surface area contributed by atoms with Crippen LogP contribution in [0, 0.1) is 6.92 Å². The van der Waals surface area contributed by atoms with Gasteiger partial charge < -0.3 is 10.6 Å². The number of aryl methyl sites for hydroxylation is 1. The summed E-state index contributed by atoms with van der Waals surface area (Å²) in [6.07, 6.45) is 0.676. The predicted molar refractivity (Wildman–Crippen MR) is 78.9 cm³/mol. The molecule has 0 atom stereocenters. The molecule has 0 saturated heterocycles. The summed E-state index contributed by atoms with van der Waals surface area (Å²) in [5, 5.41) is 10.7. The number of rotatable bonds is 4. The maximum atomic E-state index is 5.52. The quantitative estimate of drug-likeness (QED) is 0.853. The van der Waals surface area contributed by atoms with Crippen LogP contribution in [-0.4, -0.2) is 28.8 Å². The average Bonchev–Trinajstić information content (AvgIpc) is 2.37. The maximum Gasteiger partial charge on any atom is 0.158 e.